The molecule has 3 rings (SSSR count). The van der Waals surface area contributed by atoms with Crippen molar-refractivity contribution in [3.63, 3.8) is 0 Å². The number of hydrogen-bond donors (Lipinski definition) is 1. The van der Waals surface area contributed by atoms with Gasteiger partial charge in [-0.1, -0.05) is 6.07 Å². The van der Waals surface area contributed by atoms with Gasteiger partial charge in [0.2, 0.25) is 0 Å². The lowest BCUT2D eigenvalue weighted by molar-refractivity contribution is -0.179. The van der Waals surface area contributed by atoms with E-state index < -0.39 is 0 Å². The third-order valence-electron chi connectivity index (χ3n) is 4.67. The Labute approximate surface area is 125 Å². The fourth-order valence-electron chi connectivity index (χ4n) is 3.14. The maximum Gasteiger partial charge on any atom is 0.251 e. The van der Waals surface area contributed by atoms with E-state index in [1.54, 1.807) is 0 Å². The molecule has 4 nitrogen and oxygen atoms in total. The van der Waals surface area contributed by atoms with Crippen LogP contribution in [0, 0.1) is 13.8 Å². The van der Waals surface area contributed by atoms with Gasteiger partial charge in [0.25, 0.3) is 5.91 Å². The molecule has 1 spiro atoms. The molecule has 2 aliphatic rings. The van der Waals surface area contributed by atoms with E-state index in [0.717, 1.165) is 36.8 Å². The maximum absolute atomic E-state index is 12.3. The molecule has 1 aliphatic carbocycles. The molecule has 2 fully saturated rings. The molecule has 1 aromatic carbocycles. The Morgan fingerprint density at radius 3 is 2.43 bits per heavy atom. The molecular formula is C17H23NO3. The van der Waals surface area contributed by atoms with Crippen LogP contribution in [0.5, 0.6) is 0 Å². The highest BCUT2D eigenvalue weighted by Crippen LogP contribution is 2.35. The molecule has 1 amide bonds. The van der Waals surface area contributed by atoms with Crippen molar-refractivity contribution < 1.29 is 14.3 Å². The molecule has 1 saturated heterocycles. The lowest BCUT2D eigenvalue weighted by atomic mass is 9.90. The summed E-state index contributed by atoms with van der Waals surface area (Å²) < 4.78 is 11.4. The second-order valence-corrected chi connectivity index (χ2v) is 6.15. The Morgan fingerprint density at radius 2 is 1.81 bits per heavy atom. The van der Waals surface area contributed by atoms with Crippen molar-refractivity contribution in [2.24, 2.45) is 0 Å². The Kier molecular flexibility index (Phi) is 4.00. The number of rotatable bonds is 2. The van der Waals surface area contributed by atoms with Crippen molar-refractivity contribution in [3.8, 4) is 0 Å². The van der Waals surface area contributed by atoms with E-state index in [0.29, 0.717) is 13.2 Å². The van der Waals surface area contributed by atoms with Gasteiger partial charge in [-0.05, 0) is 49.9 Å². The zero-order valence-corrected chi connectivity index (χ0v) is 12.8. The highest BCUT2D eigenvalue weighted by molar-refractivity contribution is 5.94. The Bertz CT molecular complexity index is 525. The summed E-state index contributed by atoms with van der Waals surface area (Å²) in [4.78, 5) is 12.3. The van der Waals surface area contributed by atoms with Crippen molar-refractivity contribution in [2.75, 3.05) is 13.2 Å². The molecule has 0 bridgehead atoms. The van der Waals surface area contributed by atoms with Gasteiger partial charge in [0.05, 0.1) is 13.2 Å². The highest BCUT2D eigenvalue weighted by atomic mass is 16.7. The average molecular weight is 289 g/mol. The summed E-state index contributed by atoms with van der Waals surface area (Å²) >= 11 is 0. The van der Waals surface area contributed by atoms with Gasteiger partial charge in [-0.2, -0.15) is 0 Å². The van der Waals surface area contributed by atoms with Crippen LogP contribution in [-0.2, 0) is 9.47 Å². The predicted molar refractivity (Wildman–Crippen MR) is 80.3 cm³/mol. The number of carbonyl (C=O) groups is 1. The number of carbonyl (C=O) groups excluding carboxylic acids is 1. The molecule has 4 heteroatoms. The first kappa shape index (κ1) is 14.5. The molecule has 1 heterocycles. The largest absolute Gasteiger partial charge is 0.349 e. The van der Waals surface area contributed by atoms with E-state index >= 15 is 0 Å². The van der Waals surface area contributed by atoms with Crippen molar-refractivity contribution in [3.05, 3.63) is 34.9 Å². The first-order valence-electron chi connectivity index (χ1n) is 7.74. The van der Waals surface area contributed by atoms with Gasteiger partial charge in [0, 0.05) is 24.4 Å². The molecule has 114 valence electrons. The lowest BCUT2D eigenvalue weighted by Crippen LogP contribution is -2.44. The van der Waals surface area contributed by atoms with Crippen molar-refractivity contribution >= 4 is 5.91 Å². The van der Waals surface area contributed by atoms with Gasteiger partial charge in [-0.3, -0.25) is 4.79 Å². The summed E-state index contributed by atoms with van der Waals surface area (Å²) in [5, 5.41) is 3.14. The number of aryl methyl sites for hydroxylation is 2. The smallest absolute Gasteiger partial charge is 0.251 e. The number of benzene rings is 1. The van der Waals surface area contributed by atoms with Gasteiger partial charge in [-0.25, -0.2) is 0 Å². The van der Waals surface area contributed by atoms with Crippen molar-refractivity contribution in [2.45, 2.75) is 51.4 Å². The molecule has 0 aromatic heterocycles. The van der Waals surface area contributed by atoms with Crippen molar-refractivity contribution in [1.82, 2.24) is 5.32 Å². The zero-order valence-electron chi connectivity index (χ0n) is 12.8. The Morgan fingerprint density at radius 1 is 1.14 bits per heavy atom. The molecule has 21 heavy (non-hydrogen) atoms. The second kappa shape index (κ2) is 5.78. The molecule has 1 aliphatic heterocycles. The first-order valence-corrected chi connectivity index (χ1v) is 7.74. The van der Waals surface area contributed by atoms with Gasteiger partial charge in [0.1, 0.15) is 0 Å². The van der Waals surface area contributed by atoms with Crippen LogP contribution in [0.4, 0.5) is 0 Å². The number of nitrogens with one attached hydrogen (secondary N) is 1. The minimum atomic E-state index is -0.359. The molecule has 0 unspecified atom stereocenters. The highest BCUT2D eigenvalue weighted by Gasteiger charge is 2.40. The fourth-order valence-corrected chi connectivity index (χ4v) is 3.14. The second-order valence-electron chi connectivity index (χ2n) is 6.15. The quantitative estimate of drug-likeness (QED) is 0.910. The average Bonchev–Trinajstić information content (AvgIpc) is 2.93. The minimum absolute atomic E-state index is 0.0207. The van der Waals surface area contributed by atoms with Gasteiger partial charge < -0.3 is 14.8 Å². The molecular weight excluding hydrogens is 266 g/mol. The third kappa shape index (κ3) is 3.11. The van der Waals surface area contributed by atoms with Crippen LogP contribution >= 0.6 is 0 Å². The normalized spacial score (nSPS) is 21.6. The monoisotopic (exact) mass is 289 g/mol. The maximum atomic E-state index is 12.3. The molecule has 0 atom stereocenters. The third-order valence-corrected chi connectivity index (χ3v) is 4.67. The topological polar surface area (TPSA) is 47.6 Å². The molecule has 1 aromatic rings. The van der Waals surface area contributed by atoms with E-state index in [4.69, 9.17) is 9.47 Å². The van der Waals surface area contributed by atoms with E-state index in [9.17, 15) is 4.79 Å². The summed E-state index contributed by atoms with van der Waals surface area (Å²) in [7, 11) is 0. The SMILES string of the molecule is Cc1ccc(C(=O)NC2CCC3(CC2)OCCO3)cc1C. The van der Waals surface area contributed by atoms with Gasteiger partial charge in [0.15, 0.2) is 5.79 Å². The Balaban J connectivity index is 1.57. The summed E-state index contributed by atoms with van der Waals surface area (Å²) in [5.74, 6) is -0.339. The van der Waals surface area contributed by atoms with Crippen LogP contribution in [0.25, 0.3) is 0 Å². The molecule has 0 radical (unpaired) electrons. The number of ether oxygens (including phenoxy) is 2. The van der Waals surface area contributed by atoms with Gasteiger partial charge >= 0.3 is 0 Å². The summed E-state index contributed by atoms with van der Waals surface area (Å²) in [5.41, 5.74) is 3.10. The van der Waals surface area contributed by atoms with Crippen LogP contribution in [-0.4, -0.2) is 30.9 Å². The Hall–Kier alpha value is -1.39. The number of hydrogen-bond acceptors (Lipinski definition) is 3. The summed E-state index contributed by atoms with van der Waals surface area (Å²) in [6.07, 6.45) is 3.56. The standard InChI is InChI=1S/C17H23NO3/c1-12-3-4-14(11-13(12)2)16(19)18-15-5-7-17(8-6-15)20-9-10-21-17/h3-4,11,15H,5-10H2,1-2H3,(H,18,19). The predicted octanol–water partition coefficient (Wildman–Crippen LogP) is 2.72. The first-order chi connectivity index (χ1) is 10.1. The van der Waals surface area contributed by atoms with Crippen molar-refractivity contribution in [1.29, 1.82) is 0 Å². The van der Waals surface area contributed by atoms with E-state index in [-0.39, 0.29) is 17.7 Å². The van der Waals surface area contributed by atoms with E-state index in [1.807, 2.05) is 25.1 Å². The fraction of sp³-hybridized carbons (Fsp3) is 0.588. The van der Waals surface area contributed by atoms with Crippen LogP contribution in [0.1, 0.15) is 47.2 Å². The van der Waals surface area contributed by atoms with Crippen LogP contribution in [0.3, 0.4) is 0 Å². The van der Waals surface area contributed by atoms with E-state index in [1.165, 1.54) is 5.56 Å². The lowest BCUT2D eigenvalue weighted by Gasteiger charge is -2.35. The van der Waals surface area contributed by atoms with Crippen LogP contribution < -0.4 is 5.32 Å². The van der Waals surface area contributed by atoms with Gasteiger partial charge in [-0.15, -0.1) is 0 Å². The van der Waals surface area contributed by atoms with Crippen LogP contribution in [0.2, 0.25) is 0 Å². The minimum Gasteiger partial charge on any atom is -0.349 e. The molecule has 1 N–H and O–H groups in total. The summed E-state index contributed by atoms with van der Waals surface area (Å²) in [6.45, 7) is 5.48. The zero-order chi connectivity index (χ0) is 14.9. The number of amides is 1. The summed E-state index contributed by atoms with van der Waals surface area (Å²) in [6, 6.07) is 6.07. The van der Waals surface area contributed by atoms with E-state index in [2.05, 4.69) is 12.2 Å². The molecule has 1 saturated carbocycles. The van der Waals surface area contributed by atoms with Crippen LogP contribution in [0.15, 0.2) is 18.2 Å².